The highest BCUT2D eigenvalue weighted by Gasteiger charge is 2.36. The Morgan fingerprint density at radius 1 is 1.15 bits per heavy atom. The first kappa shape index (κ1) is 19.8. The van der Waals surface area contributed by atoms with Gasteiger partial charge in [-0.25, -0.2) is 0 Å². The molecule has 0 spiro atoms. The van der Waals surface area contributed by atoms with Crippen molar-refractivity contribution in [3.8, 4) is 0 Å². The highest BCUT2D eigenvalue weighted by atomic mass is 16.3. The molecule has 1 heterocycles. The highest BCUT2D eigenvalue weighted by Crippen LogP contribution is 2.26. The molecule has 0 aromatic rings. The summed E-state index contributed by atoms with van der Waals surface area (Å²) in [6, 6.07) is 0. The van der Waals surface area contributed by atoms with E-state index in [0.717, 1.165) is 11.6 Å². The van der Waals surface area contributed by atoms with Crippen LogP contribution in [0.4, 0.5) is 0 Å². The molecule has 26 heavy (non-hydrogen) atoms. The topological polar surface area (TPSA) is 127 Å². The van der Waals surface area contributed by atoms with Crippen molar-refractivity contribution in [3.05, 3.63) is 34.7 Å². The van der Waals surface area contributed by atoms with Crippen LogP contribution in [0, 0.1) is 17.8 Å². The van der Waals surface area contributed by atoms with Crippen LogP contribution in [0.1, 0.15) is 34.1 Å². The number of hydrogen-bond acceptors (Lipinski definition) is 6. The van der Waals surface area contributed by atoms with E-state index < -0.39 is 47.0 Å². The number of hydrogen-bond donors (Lipinski definition) is 3. The van der Waals surface area contributed by atoms with E-state index in [2.05, 4.69) is 5.32 Å². The third kappa shape index (κ3) is 3.67. The minimum Gasteiger partial charge on any atom is -0.394 e. The first-order valence-corrected chi connectivity index (χ1v) is 8.54. The number of allylic oxidation sites excluding steroid dienone is 3. The third-order valence-corrected chi connectivity index (χ3v) is 4.86. The van der Waals surface area contributed by atoms with E-state index in [-0.39, 0.29) is 17.1 Å². The average molecular weight is 360 g/mol. The van der Waals surface area contributed by atoms with Crippen LogP contribution in [0.2, 0.25) is 0 Å². The minimum atomic E-state index is -1.23. The average Bonchev–Trinajstić information content (AvgIpc) is 2.58. The van der Waals surface area contributed by atoms with Gasteiger partial charge in [-0.15, -0.1) is 0 Å². The van der Waals surface area contributed by atoms with Crippen LogP contribution in [0.25, 0.3) is 0 Å². The van der Waals surface area contributed by atoms with Crippen LogP contribution in [0.5, 0.6) is 0 Å². The van der Waals surface area contributed by atoms with Crippen molar-refractivity contribution < 1.29 is 24.3 Å². The van der Waals surface area contributed by atoms with Crippen LogP contribution >= 0.6 is 0 Å². The van der Waals surface area contributed by atoms with Crippen molar-refractivity contribution in [3.63, 3.8) is 0 Å². The maximum Gasteiger partial charge on any atom is 0.234 e. The lowest BCUT2D eigenvalue weighted by molar-refractivity contribution is -0.135. The zero-order chi connectivity index (χ0) is 19.8. The van der Waals surface area contributed by atoms with Crippen LogP contribution in [-0.4, -0.2) is 34.5 Å². The van der Waals surface area contributed by atoms with Gasteiger partial charge < -0.3 is 16.2 Å². The summed E-state index contributed by atoms with van der Waals surface area (Å²) in [6.45, 7) is 6.71. The molecule has 4 N–H and O–H groups in total. The molecular formula is C19H24N2O5. The Hall–Kier alpha value is -2.54. The summed E-state index contributed by atoms with van der Waals surface area (Å²) in [5, 5.41) is 12.9. The van der Waals surface area contributed by atoms with Crippen molar-refractivity contribution >= 4 is 23.3 Å². The molecular weight excluding hydrogens is 336 g/mol. The Balaban J connectivity index is 2.56. The van der Waals surface area contributed by atoms with E-state index in [1.54, 1.807) is 19.9 Å². The van der Waals surface area contributed by atoms with Gasteiger partial charge in [-0.2, -0.15) is 0 Å². The van der Waals surface area contributed by atoms with Gasteiger partial charge >= 0.3 is 0 Å². The lowest BCUT2D eigenvalue weighted by atomic mass is 9.86. The number of aliphatic hydroxyl groups excluding tert-OH is 1. The van der Waals surface area contributed by atoms with Crippen LogP contribution in [-0.2, 0) is 19.2 Å². The van der Waals surface area contributed by atoms with E-state index in [4.69, 9.17) is 5.73 Å². The fourth-order valence-corrected chi connectivity index (χ4v) is 3.28. The SMILES string of the molecule is C/C1=C\[C@@H](C)[C@H](O)C2=CC(=O)C(N)=C(NC(=O)C(C)C(=O)[C@@H](C)C1)C2=O. The monoisotopic (exact) mass is 360 g/mol. The number of amides is 1. The summed E-state index contributed by atoms with van der Waals surface area (Å²) in [4.78, 5) is 49.7. The molecule has 1 aliphatic carbocycles. The fraction of sp³-hybridized carbons (Fsp3) is 0.474. The largest absolute Gasteiger partial charge is 0.394 e. The van der Waals surface area contributed by atoms with Gasteiger partial charge in [0, 0.05) is 17.4 Å². The molecule has 7 nitrogen and oxygen atoms in total. The van der Waals surface area contributed by atoms with E-state index in [1.807, 2.05) is 6.92 Å². The number of Topliss-reactive ketones (excluding diaryl/α,β-unsaturated/α-hetero) is 2. The Bertz CT molecular complexity index is 775. The molecule has 1 unspecified atom stereocenters. The second-order valence-electron chi connectivity index (χ2n) is 7.12. The number of aliphatic hydroxyl groups is 1. The molecule has 0 saturated heterocycles. The molecule has 2 aliphatic rings. The van der Waals surface area contributed by atoms with Crippen molar-refractivity contribution in [2.75, 3.05) is 0 Å². The predicted octanol–water partition coefficient (Wildman–Crippen LogP) is 0.539. The van der Waals surface area contributed by atoms with Crippen LogP contribution in [0.3, 0.4) is 0 Å². The molecule has 0 fully saturated rings. The minimum absolute atomic E-state index is 0.123. The number of carbonyl (C=O) groups excluding carboxylic acids is 4. The quantitative estimate of drug-likeness (QED) is 0.329. The zero-order valence-corrected chi connectivity index (χ0v) is 15.3. The number of fused-ring (bicyclic) bond motifs is 2. The summed E-state index contributed by atoms with van der Waals surface area (Å²) in [5.41, 5.74) is 5.63. The van der Waals surface area contributed by atoms with Gasteiger partial charge in [0.05, 0.1) is 12.0 Å². The lowest BCUT2D eigenvalue weighted by Gasteiger charge is -2.23. The van der Waals surface area contributed by atoms with Crippen molar-refractivity contribution in [2.24, 2.45) is 23.5 Å². The summed E-state index contributed by atoms with van der Waals surface area (Å²) < 4.78 is 0. The van der Waals surface area contributed by atoms with E-state index in [0.29, 0.717) is 6.42 Å². The van der Waals surface area contributed by atoms with Crippen molar-refractivity contribution in [1.29, 1.82) is 0 Å². The first-order chi connectivity index (χ1) is 12.0. The Morgan fingerprint density at radius 3 is 2.38 bits per heavy atom. The second-order valence-corrected chi connectivity index (χ2v) is 7.12. The maximum atomic E-state index is 12.7. The summed E-state index contributed by atoms with van der Waals surface area (Å²) in [7, 11) is 0. The van der Waals surface area contributed by atoms with E-state index in [1.165, 1.54) is 6.92 Å². The molecule has 1 aliphatic heterocycles. The fourth-order valence-electron chi connectivity index (χ4n) is 3.28. The molecule has 0 saturated carbocycles. The molecule has 1 amide bonds. The molecule has 140 valence electrons. The van der Waals surface area contributed by atoms with Gasteiger partial charge in [0.25, 0.3) is 0 Å². The number of rotatable bonds is 0. The first-order valence-electron chi connectivity index (χ1n) is 8.54. The number of ketones is 3. The molecule has 2 bridgehead atoms. The molecule has 4 atom stereocenters. The highest BCUT2D eigenvalue weighted by molar-refractivity contribution is 6.24. The third-order valence-electron chi connectivity index (χ3n) is 4.86. The maximum absolute atomic E-state index is 12.7. The standard InChI is InChI=1S/C19H24N2O5/c1-8-5-9(2)16(23)11(4)19(26)21-15-14(20)13(22)7-12(18(15)25)17(24)10(3)6-8/h6-7,9-11,17,24H,5,20H2,1-4H3,(H,21,26)/b8-6+/t9-,10+,11?,17-/m0/s1. The summed E-state index contributed by atoms with van der Waals surface area (Å²) in [6.07, 6.45) is 1.98. The Labute approximate surface area is 152 Å². The normalized spacial score (nSPS) is 33.4. The Kier molecular flexibility index (Phi) is 5.61. The smallest absolute Gasteiger partial charge is 0.234 e. The number of nitrogens with two attached hydrogens (primary N) is 1. The summed E-state index contributed by atoms with van der Waals surface area (Å²) in [5.74, 6) is -4.22. The summed E-state index contributed by atoms with van der Waals surface area (Å²) >= 11 is 0. The van der Waals surface area contributed by atoms with Gasteiger partial charge in [0.1, 0.15) is 17.2 Å². The van der Waals surface area contributed by atoms with Gasteiger partial charge in [-0.1, -0.05) is 25.5 Å². The van der Waals surface area contributed by atoms with Gasteiger partial charge in [0.2, 0.25) is 17.5 Å². The van der Waals surface area contributed by atoms with E-state index in [9.17, 15) is 24.3 Å². The van der Waals surface area contributed by atoms with Crippen LogP contribution in [0.15, 0.2) is 34.7 Å². The van der Waals surface area contributed by atoms with Gasteiger partial charge in [-0.05, 0) is 26.3 Å². The predicted molar refractivity (Wildman–Crippen MR) is 94.3 cm³/mol. The number of carbonyl (C=O) groups is 4. The van der Waals surface area contributed by atoms with E-state index >= 15 is 0 Å². The molecule has 0 aromatic carbocycles. The molecule has 0 radical (unpaired) electrons. The molecule has 7 heteroatoms. The van der Waals surface area contributed by atoms with Gasteiger partial charge in [-0.3, -0.25) is 19.2 Å². The van der Waals surface area contributed by atoms with Crippen molar-refractivity contribution in [2.45, 2.75) is 40.2 Å². The Morgan fingerprint density at radius 2 is 1.77 bits per heavy atom. The zero-order valence-electron chi connectivity index (χ0n) is 15.3. The van der Waals surface area contributed by atoms with Crippen molar-refractivity contribution in [1.82, 2.24) is 5.32 Å². The molecule has 2 rings (SSSR count). The second kappa shape index (κ2) is 7.37. The number of nitrogens with one attached hydrogen (secondary N) is 1. The van der Waals surface area contributed by atoms with Crippen LogP contribution < -0.4 is 11.1 Å². The van der Waals surface area contributed by atoms with Gasteiger partial charge in [0.15, 0.2) is 0 Å². The lowest BCUT2D eigenvalue weighted by Crippen LogP contribution is -2.42. The molecule has 0 aromatic heterocycles.